The molecule has 0 aromatic carbocycles. The molecule has 0 bridgehead atoms. The first-order valence-corrected chi connectivity index (χ1v) is 4.90. The summed E-state index contributed by atoms with van der Waals surface area (Å²) >= 11 is 0. The number of hydrogen-bond acceptors (Lipinski definition) is 2. The number of ketones is 1. The van der Waals surface area contributed by atoms with Gasteiger partial charge in [0.1, 0.15) is 5.78 Å². The Kier molecular flexibility index (Phi) is 3.27. The molecule has 0 saturated heterocycles. The topological polar surface area (TPSA) is 43.1 Å². The third kappa shape index (κ3) is 2.31. The molecule has 2 heteroatoms. The van der Waals surface area contributed by atoms with Crippen molar-refractivity contribution in [2.45, 2.75) is 45.6 Å². The smallest absolute Gasteiger partial charge is 0.138 e. The molecule has 0 heterocycles. The summed E-state index contributed by atoms with van der Waals surface area (Å²) in [4.78, 5) is 11.6. The third-order valence-corrected chi connectivity index (χ3v) is 2.74. The highest BCUT2D eigenvalue weighted by Gasteiger charge is 2.25. The number of hydrogen-bond donors (Lipinski definition) is 1. The summed E-state index contributed by atoms with van der Waals surface area (Å²) in [5, 5.41) is 0. The lowest BCUT2D eigenvalue weighted by Gasteiger charge is -2.26. The van der Waals surface area contributed by atoms with Crippen LogP contribution in [-0.2, 0) is 4.79 Å². The first-order chi connectivity index (χ1) is 5.61. The molecule has 0 spiro atoms. The first-order valence-electron chi connectivity index (χ1n) is 4.90. The monoisotopic (exact) mass is 169 g/mol. The third-order valence-electron chi connectivity index (χ3n) is 2.74. The number of rotatable bonds is 2. The minimum atomic E-state index is 0.198. The zero-order valence-corrected chi connectivity index (χ0v) is 8.05. The van der Waals surface area contributed by atoms with Gasteiger partial charge in [0.25, 0.3) is 0 Å². The molecule has 2 N–H and O–H groups in total. The molecule has 1 aliphatic rings. The fraction of sp³-hybridized carbons (Fsp3) is 0.900. The van der Waals surface area contributed by atoms with Gasteiger partial charge in [0, 0.05) is 17.9 Å². The normalized spacial score (nSPS) is 30.7. The van der Waals surface area contributed by atoms with Crippen LogP contribution in [0.25, 0.3) is 0 Å². The van der Waals surface area contributed by atoms with Gasteiger partial charge in [-0.15, -0.1) is 0 Å². The minimum Gasteiger partial charge on any atom is -0.328 e. The number of carbonyl (C=O) groups is 1. The van der Waals surface area contributed by atoms with E-state index in [1.165, 1.54) is 0 Å². The van der Waals surface area contributed by atoms with Gasteiger partial charge in [0.2, 0.25) is 0 Å². The van der Waals surface area contributed by atoms with E-state index < -0.39 is 0 Å². The zero-order valence-electron chi connectivity index (χ0n) is 8.05. The Morgan fingerprint density at radius 2 is 1.75 bits per heavy atom. The molecule has 2 nitrogen and oxygen atoms in total. The van der Waals surface area contributed by atoms with Crippen molar-refractivity contribution in [2.24, 2.45) is 17.6 Å². The van der Waals surface area contributed by atoms with Crippen LogP contribution in [0.5, 0.6) is 0 Å². The van der Waals surface area contributed by atoms with Crippen molar-refractivity contribution in [3.63, 3.8) is 0 Å². The Bertz CT molecular complexity index is 157. The average Bonchev–Trinajstić information content (AvgIpc) is 2.04. The van der Waals surface area contributed by atoms with E-state index in [9.17, 15) is 4.79 Å². The summed E-state index contributed by atoms with van der Waals surface area (Å²) < 4.78 is 0. The highest BCUT2D eigenvalue weighted by atomic mass is 16.1. The molecular formula is C10H19NO. The van der Waals surface area contributed by atoms with Crippen molar-refractivity contribution in [1.82, 2.24) is 0 Å². The Labute approximate surface area is 74.5 Å². The van der Waals surface area contributed by atoms with Crippen molar-refractivity contribution >= 4 is 5.78 Å². The second kappa shape index (κ2) is 4.04. The van der Waals surface area contributed by atoms with E-state index in [2.05, 4.69) is 0 Å². The van der Waals surface area contributed by atoms with Crippen LogP contribution in [0.2, 0.25) is 0 Å². The molecule has 1 fully saturated rings. The van der Waals surface area contributed by atoms with Gasteiger partial charge in [-0.2, -0.15) is 0 Å². The van der Waals surface area contributed by atoms with Crippen molar-refractivity contribution in [1.29, 1.82) is 0 Å². The van der Waals surface area contributed by atoms with E-state index in [1.54, 1.807) is 0 Å². The number of carbonyl (C=O) groups excluding carboxylic acids is 1. The Morgan fingerprint density at radius 3 is 2.17 bits per heavy atom. The van der Waals surface area contributed by atoms with Gasteiger partial charge in [-0.3, -0.25) is 4.79 Å². The van der Waals surface area contributed by atoms with E-state index in [0.717, 1.165) is 25.7 Å². The standard InChI is InChI=1S/C10H19NO/c1-7(2)10(12)8-3-5-9(11)6-4-8/h7-9H,3-6,11H2,1-2H3/t8-,9-. The summed E-state index contributed by atoms with van der Waals surface area (Å²) in [7, 11) is 0. The van der Waals surface area contributed by atoms with Crippen LogP contribution in [0.1, 0.15) is 39.5 Å². The van der Waals surface area contributed by atoms with Crippen LogP contribution >= 0.6 is 0 Å². The number of nitrogens with two attached hydrogens (primary N) is 1. The molecule has 0 atom stereocenters. The van der Waals surface area contributed by atoms with Crippen LogP contribution < -0.4 is 5.73 Å². The maximum atomic E-state index is 11.6. The molecule has 0 aromatic heterocycles. The summed E-state index contributed by atoms with van der Waals surface area (Å²) in [5.41, 5.74) is 5.76. The van der Waals surface area contributed by atoms with E-state index in [-0.39, 0.29) is 5.92 Å². The van der Waals surface area contributed by atoms with Gasteiger partial charge in [-0.1, -0.05) is 13.8 Å². The van der Waals surface area contributed by atoms with Gasteiger partial charge in [-0.25, -0.2) is 0 Å². The second-order valence-electron chi connectivity index (χ2n) is 4.17. The van der Waals surface area contributed by atoms with Crippen LogP contribution in [0.4, 0.5) is 0 Å². The first kappa shape index (κ1) is 9.72. The Morgan fingerprint density at radius 1 is 1.25 bits per heavy atom. The van der Waals surface area contributed by atoms with Crippen LogP contribution in [0.3, 0.4) is 0 Å². The molecule has 12 heavy (non-hydrogen) atoms. The molecule has 1 aliphatic carbocycles. The number of Topliss-reactive ketones (excluding diaryl/α,β-unsaturated/α-hetero) is 1. The predicted molar refractivity (Wildman–Crippen MR) is 49.8 cm³/mol. The molecule has 1 saturated carbocycles. The van der Waals surface area contributed by atoms with Crippen molar-refractivity contribution < 1.29 is 4.79 Å². The molecule has 70 valence electrons. The molecule has 0 amide bonds. The van der Waals surface area contributed by atoms with Crippen molar-refractivity contribution in [2.75, 3.05) is 0 Å². The van der Waals surface area contributed by atoms with Gasteiger partial charge in [-0.05, 0) is 25.7 Å². The molecule has 0 aliphatic heterocycles. The van der Waals surface area contributed by atoms with Gasteiger partial charge in [0.15, 0.2) is 0 Å². The maximum Gasteiger partial charge on any atom is 0.138 e. The van der Waals surface area contributed by atoms with E-state index in [1.807, 2.05) is 13.8 Å². The Hall–Kier alpha value is -0.370. The maximum absolute atomic E-state index is 11.6. The van der Waals surface area contributed by atoms with Crippen molar-refractivity contribution in [3.8, 4) is 0 Å². The molecular weight excluding hydrogens is 150 g/mol. The lowest BCUT2D eigenvalue weighted by molar-refractivity contribution is -0.126. The van der Waals surface area contributed by atoms with E-state index in [0.29, 0.717) is 17.7 Å². The summed E-state index contributed by atoms with van der Waals surface area (Å²) in [6.07, 6.45) is 4.09. The largest absolute Gasteiger partial charge is 0.328 e. The van der Waals surface area contributed by atoms with Crippen LogP contribution in [0, 0.1) is 11.8 Å². The zero-order chi connectivity index (χ0) is 9.14. The van der Waals surface area contributed by atoms with Crippen molar-refractivity contribution in [3.05, 3.63) is 0 Å². The van der Waals surface area contributed by atoms with E-state index in [4.69, 9.17) is 5.73 Å². The van der Waals surface area contributed by atoms with Gasteiger partial charge >= 0.3 is 0 Å². The molecule has 1 rings (SSSR count). The SMILES string of the molecule is CC(C)C(=O)[C@H]1CC[C@H](N)CC1. The lowest BCUT2D eigenvalue weighted by Crippen LogP contribution is -2.31. The highest BCUT2D eigenvalue weighted by molar-refractivity contribution is 5.82. The summed E-state index contributed by atoms with van der Waals surface area (Å²) in [6.45, 7) is 3.97. The molecule has 0 unspecified atom stereocenters. The highest BCUT2D eigenvalue weighted by Crippen LogP contribution is 2.25. The fourth-order valence-corrected chi connectivity index (χ4v) is 1.88. The summed E-state index contributed by atoms with van der Waals surface area (Å²) in [6, 6.07) is 0.348. The molecule has 0 radical (unpaired) electrons. The lowest BCUT2D eigenvalue weighted by atomic mass is 9.81. The van der Waals surface area contributed by atoms with Crippen LogP contribution in [0.15, 0.2) is 0 Å². The second-order valence-corrected chi connectivity index (χ2v) is 4.17. The average molecular weight is 169 g/mol. The quantitative estimate of drug-likeness (QED) is 0.684. The fourth-order valence-electron chi connectivity index (χ4n) is 1.88. The van der Waals surface area contributed by atoms with Crippen LogP contribution in [-0.4, -0.2) is 11.8 Å². The van der Waals surface area contributed by atoms with Gasteiger partial charge in [0.05, 0.1) is 0 Å². The minimum absolute atomic E-state index is 0.198. The predicted octanol–water partition coefficient (Wildman–Crippen LogP) is 1.73. The molecule has 0 aromatic rings. The summed E-state index contributed by atoms with van der Waals surface area (Å²) in [5.74, 6) is 0.941. The van der Waals surface area contributed by atoms with E-state index >= 15 is 0 Å². The Balaban J connectivity index is 2.39. The van der Waals surface area contributed by atoms with Gasteiger partial charge < -0.3 is 5.73 Å².